The number of hydrogen-bond donors (Lipinski definition) is 3. The zero-order valence-electron chi connectivity index (χ0n) is 10.4. The predicted octanol–water partition coefficient (Wildman–Crippen LogP) is 1.64. The number of halogens is 3. The van der Waals surface area contributed by atoms with Crippen molar-refractivity contribution in [2.45, 2.75) is 32.2 Å². The normalized spacial score (nSPS) is 15.1. The maximum atomic E-state index is 13.0. The highest BCUT2D eigenvalue weighted by Crippen LogP contribution is 2.11. The van der Waals surface area contributed by atoms with Crippen molar-refractivity contribution in [3.05, 3.63) is 11.9 Å². The summed E-state index contributed by atoms with van der Waals surface area (Å²) >= 11 is 0. The van der Waals surface area contributed by atoms with Gasteiger partial charge in [-0.1, -0.05) is 6.08 Å². The lowest BCUT2D eigenvalue weighted by molar-refractivity contribution is -0.142. The quantitative estimate of drug-likeness (QED) is 0.513. The average Bonchev–Trinajstić information content (AvgIpc) is 2.14. The van der Waals surface area contributed by atoms with Gasteiger partial charge in [0.2, 0.25) is 0 Å². The zero-order chi connectivity index (χ0) is 12.8. The minimum absolute atomic E-state index is 0. The van der Waals surface area contributed by atoms with Gasteiger partial charge in [0.1, 0.15) is 11.4 Å². The second-order valence-corrected chi connectivity index (χ2v) is 3.87. The first-order chi connectivity index (χ1) is 7.25. The maximum absolute atomic E-state index is 13.0. The number of hydrogen-bond acceptors (Lipinski definition) is 3. The lowest BCUT2D eigenvalue weighted by Gasteiger charge is -2.17. The fraction of sp³-hybridized carbons (Fsp3) is 0.600. The third-order valence-electron chi connectivity index (χ3n) is 2.00. The summed E-state index contributed by atoms with van der Waals surface area (Å²) in [6, 6.07) is 0. The fourth-order valence-electron chi connectivity index (χ4n) is 0.900. The van der Waals surface area contributed by atoms with Crippen LogP contribution in [0, 0.1) is 0 Å². The van der Waals surface area contributed by atoms with Crippen LogP contribution < -0.4 is 11.5 Å². The maximum Gasteiger partial charge on any atom is 0.323 e. The molecule has 0 radical (unpaired) electrons. The second-order valence-electron chi connectivity index (χ2n) is 3.87. The van der Waals surface area contributed by atoms with E-state index in [0.29, 0.717) is 5.84 Å². The Balaban J connectivity index is -0.00000112. The van der Waals surface area contributed by atoms with Gasteiger partial charge in [0, 0.05) is 0 Å². The summed E-state index contributed by atoms with van der Waals surface area (Å²) in [6.07, 6.45) is 1.70. The summed E-state index contributed by atoms with van der Waals surface area (Å²) in [5.41, 5.74) is 9.38. The molecule has 1 unspecified atom stereocenters. The Bertz CT molecular complexity index is 316. The Hall–Kier alpha value is -0.850. The second kappa shape index (κ2) is 10.1. The number of rotatable bonds is 6. The van der Waals surface area contributed by atoms with Crippen molar-refractivity contribution in [3.8, 4) is 0 Å². The van der Waals surface area contributed by atoms with Gasteiger partial charge in [-0.2, -0.15) is 0 Å². The topological polar surface area (TPSA) is 102 Å². The molecule has 0 spiro atoms. The summed E-state index contributed by atoms with van der Waals surface area (Å²) < 4.78 is 13.0. The van der Waals surface area contributed by atoms with Crippen LogP contribution in [0.2, 0.25) is 0 Å². The molecule has 0 heterocycles. The van der Waals surface area contributed by atoms with Crippen LogP contribution in [0.15, 0.2) is 16.9 Å². The molecule has 0 saturated carbocycles. The van der Waals surface area contributed by atoms with E-state index in [1.54, 1.807) is 6.92 Å². The molecule has 0 amide bonds. The molecule has 0 aromatic carbocycles. The van der Waals surface area contributed by atoms with Gasteiger partial charge in [-0.3, -0.25) is 9.79 Å². The van der Waals surface area contributed by atoms with Gasteiger partial charge >= 0.3 is 5.97 Å². The van der Waals surface area contributed by atoms with E-state index in [0.717, 1.165) is 0 Å². The van der Waals surface area contributed by atoms with E-state index >= 15 is 0 Å². The van der Waals surface area contributed by atoms with Crippen LogP contribution in [-0.4, -0.2) is 29.0 Å². The minimum Gasteiger partial charge on any atom is -0.480 e. The molecule has 1 atom stereocenters. The number of carboxylic acids is 1. The first kappa shape index (κ1) is 22.3. The fourth-order valence-corrected chi connectivity index (χ4v) is 0.900. The average molecular weight is 304 g/mol. The molecule has 18 heavy (non-hydrogen) atoms. The number of allylic oxidation sites excluding steroid dienone is 1. The highest BCUT2D eigenvalue weighted by Gasteiger charge is 2.26. The molecule has 0 rings (SSSR count). The van der Waals surface area contributed by atoms with Crippen LogP contribution in [0.4, 0.5) is 4.39 Å². The molecule has 0 fully saturated rings. The number of carboxylic acid groups (broad SMARTS) is 1. The van der Waals surface area contributed by atoms with E-state index in [1.807, 2.05) is 0 Å². The molecule has 8 heteroatoms. The van der Waals surface area contributed by atoms with Crippen molar-refractivity contribution < 1.29 is 14.3 Å². The van der Waals surface area contributed by atoms with Crippen LogP contribution in [0.1, 0.15) is 26.7 Å². The van der Waals surface area contributed by atoms with E-state index in [4.69, 9.17) is 16.6 Å². The van der Waals surface area contributed by atoms with Gasteiger partial charge in [-0.05, 0) is 26.7 Å². The highest BCUT2D eigenvalue weighted by molar-refractivity contribution is 5.85. The number of nitrogens with two attached hydrogens (primary N) is 2. The summed E-state index contributed by atoms with van der Waals surface area (Å²) in [4.78, 5) is 14.3. The Morgan fingerprint density at radius 1 is 1.50 bits per heavy atom. The molecule has 108 valence electrons. The van der Waals surface area contributed by atoms with Gasteiger partial charge < -0.3 is 16.6 Å². The lowest BCUT2D eigenvalue weighted by atomic mass is 9.97. The summed E-state index contributed by atoms with van der Waals surface area (Å²) in [6.45, 7) is 2.84. The van der Waals surface area contributed by atoms with Crippen LogP contribution >= 0.6 is 24.8 Å². The van der Waals surface area contributed by atoms with Crippen molar-refractivity contribution in [3.63, 3.8) is 0 Å². The number of aliphatic carboxylic acids is 1. The third-order valence-corrected chi connectivity index (χ3v) is 2.00. The van der Waals surface area contributed by atoms with Gasteiger partial charge in [-0.15, -0.1) is 24.8 Å². The van der Waals surface area contributed by atoms with E-state index in [2.05, 4.69) is 4.99 Å². The van der Waals surface area contributed by atoms with Crippen molar-refractivity contribution in [1.82, 2.24) is 0 Å². The Labute approximate surface area is 118 Å². The first-order valence-corrected chi connectivity index (χ1v) is 4.89. The van der Waals surface area contributed by atoms with Crippen molar-refractivity contribution in [2.75, 3.05) is 6.54 Å². The van der Waals surface area contributed by atoms with E-state index in [9.17, 15) is 9.18 Å². The molecule has 0 aromatic heterocycles. The molecular weight excluding hydrogens is 284 g/mol. The van der Waals surface area contributed by atoms with Crippen molar-refractivity contribution in [1.29, 1.82) is 0 Å². The van der Waals surface area contributed by atoms with E-state index in [1.165, 1.54) is 13.0 Å². The largest absolute Gasteiger partial charge is 0.480 e. The van der Waals surface area contributed by atoms with Crippen molar-refractivity contribution in [2.24, 2.45) is 16.5 Å². The van der Waals surface area contributed by atoms with Gasteiger partial charge in [0.25, 0.3) is 0 Å². The van der Waals surface area contributed by atoms with Crippen LogP contribution in [-0.2, 0) is 4.79 Å². The molecule has 0 bridgehead atoms. The van der Waals surface area contributed by atoms with E-state index in [-0.39, 0.29) is 44.2 Å². The number of aliphatic imine (C=N–C) groups is 1. The van der Waals surface area contributed by atoms with Gasteiger partial charge in [0.05, 0.1) is 12.4 Å². The SMILES string of the molecule is CC(N)=NCC(F)=CCCC(C)(N)C(=O)O.Cl.Cl. The molecule has 0 aliphatic heterocycles. The van der Waals surface area contributed by atoms with E-state index < -0.39 is 17.3 Å². The molecule has 5 N–H and O–H groups in total. The lowest BCUT2D eigenvalue weighted by Crippen LogP contribution is -2.44. The smallest absolute Gasteiger partial charge is 0.323 e. The predicted molar refractivity (Wildman–Crippen MR) is 75.3 cm³/mol. The summed E-state index contributed by atoms with van der Waals surface area (Å²) in [5.74, 6) is -1.24. The van der Waals surface area contributed by atoms with Crippen molar-refractivity contribution >= 4 is 36.6 Å². The van der Waals surface area contributed by atoms with Gasteiger partial charge in [-0.25, -0.2) is 4.39 Å². The summed E-state index contributed by atoms with van der Waals surface area (Å²) in [5, 5.41) is 8.70. The zero-order valence-corrected chi connectivity index (χ0v) is 12.0. The minimum atomic E-state index is -1.33. The first-order valence-electron chi connectivity index (χ1n) is 4.89. The Morgan fingerprint density at radius 3 is 2.39 bits per heavy atom. The standard InChI is InChI=1S/C10H18FN3O2.2ClH/c1-7(12)14-6-8(11)4-3-5-10(2,13)9(15)16;;/h4H,3,5-6,13H2,1-2H3,(H2,12,14)(H,15,16);2*1H. The molecule has 5 nitrogen and oxygen atoms in total. The van der Waals surface area contributed by atoms with Crippen LogP contribution in [0.3, 0.4) is 0 Å². The number of carbonyl (C=O) groups is 1. The third kappa shape index (κ3) is 10.3. The number of nitrogens with zero attached hydrogens (tertiary/aromatic N) is 1. The Morgan fingerprint density at radius 2 is 2.00 bits per heavy atom. The molecule has 0 aliphatic carbocycles. The van der Waals surface area contributed by atoms with Gasteiger partial charge in [0.15, 0.2) is 0 Å². The Kier molecular flexibility index (Phi) is 12.5. The van der Waals surface area contributed by atoms with Crippen LogP contribution in [0.25, 0.3) is 0 Å². The number of amidine groups is 1. The monoisotopic (exact) mass is 303 g/mol. The molecular formula is C10H20Cl2FN3O2. The molecule has 0 saturated heterocycles. The highest BCUT2D eigenvalue weighted by atomic mass is 35.5. The van der Waals surface area contributed by atoms with Crippen LogP contribution in [0.5, 0.6) is 0 Å². The molecule has 0 aliphatic rings. The summed E-state index contributed by atoms with van der Waals surface area (Å²) in [7, 11) is 0. The molecule has 0 aromatic rings.